The number of aliphatic hydroxyl groups is 1. The summed E-state index contributed by atoms with van der Waals surface area (Å²) in [7, 11) is 1.34. The number of aromatic amines is 3. The van der Waals surface area contributed by atoms with Gasteiger partial charge in [0.05, 0.1) is 30.1 Å². The average Bonchev–Trinajstić information content (AvgIpc) is 3.74. The van der Waals surface area contributed by atoms with E-state index in [0.717, 1.165) is 80.4 Å². The number of esters is 1. The number of aliphatic hydroxyl groups excluding tert-OH is 1. The highest BCUT2D eigenvalue weighted by atomic mass is 16.5. The molecule has 0 amide bonds. The third-order valence-electron chi connectivity index (χ3n) is 9.82. The van der Waals surface area contributed by atoms with E-state index in [-0.39, 0.29) is 23.7 Å². The van der Waals surface area contributed by atoms with E-state index in [4.69, 9.17) is 4.74 Å². The predicted molar refractivity (Wildman–Crippen MR) is 170 cm³/mol. The quantitative estimate of drug-likeness (QED) is 0.235. The summed E-state index contributed by atoms with van der Waals surface area (Å²) in [6.45, 7) is 14.5. The number of carbonyl (C=O) groups is 2. The van der Waals surface area contributed by atoms with Crippen molar-refractivity contribution in [3.63, 3.8) is 0 Å². The van der Waals surface area contributed by atoms with Crippen LogP contribution in [0.3, 0.4) is 0 Å². The molecule has 8 nitrogen and oxygen atoms in total. The van der Waals surface area contributed by atoms with Gasteiger partial charge in [-0.05, 0) is 73.1 Å². The molecule has 1 fully saturated rings. The van der Waals surface area contributed by atoms with Crippen LogP contribution in [0.4, 0.5) is 0 Å². The molecule has 8 heteroatoms. The van der Waals surface area contributed by atoms with Crippen molar-refractivity contribution in [3.05, 3.63) is 78.4 Å². The standard InChI is InChI=1S/C35H40N4O4/c1-8-11-21-17(5)24-12-23-16(4)19(9-2)26(36-23)14-28-22(15-40)20(10-3)27(37-28)13-25-18(6)29-33(39-25)30(32(21)38-24)31(34(29)41)35(42)43-7/h9,12-15,17,21,31-32,36-40H,2,8,10-11H2,1,3-7H3/b22-15+,24-12-,25-13-,28-14-/t17-,21-,31+,32?/m0/s1. The molecule has 0 aromatic carbocycles. The molecule has 6 rings (SSSR count). The van der Waals surface area contributed by atoms with E-state index in [1.54, 1.807) is 0 Å². The van der Waals surface area contributed by atoms with Crippen molar-refractivity contribution >= 4 is 47.9 Å². The maximum absolute atomic E-state index is 14.0. The zero-order chi connectivity index (χ0) is 30.7. The maximum atomic E-state index is 14.0. The Morgan fingerprint density at radius 1 is 1.05 bits per heavy atom. The van der Waals surface area contributed by atoms with E-state index >= 15 is 0 Å². The van der Waals surface area contributed by atoms with Crippen LogP contribution in [0.1, 0.15) is 83.3 Å². The molecule has 3 aliphatic rings. The first-order chi connectivity index (χ1) is 20.7. The number of H-pyrrole nitrogens is 3. The van der Waals surface area contributed by atoms with Gasteiger partial charge < -0.3 is 30.1 Å². The maximum Gasteiger partial charge on any atom is 0.320 e. The second-order valence-electron chi connectivity index (χ2n) is 12.0. The van der Waals surface area contributed by atoms with Crippen molar-refractivity contribution in [2.24, 2.45) is 17.8 Å². The molecule has 5 N–H and O–H groups in total. The molecule has 8 bridgehead atoms. The minimum Gasteiger partial charge on any atom is -0.515 e. The molecule has 3 aromatic rings. The van der Waals surface area contributed by atoms with E-state index in [2.05, 4.69) is 53.7 Å². The molecular formula is C35H40N4O4. The largest absolute Gasteiger partial charge is 0.515 e. The number of fused-ring (bicyclic) bond motifs is 8. The summed E-state index contributed by atoms with van der Waals surface area (Å²) in [5, 5.41) is 17.1. The number of allylic oxidation sites excluding steroid dienone is 1. The van der Waals surface area contributed by atoms with Gasteiger partial charge in [-0.1, -0.05) is 39.8 Å². The number of ether oxygens (including phenoxy) is 1. The molecule has 43 heavy (non-hydrogen) atoms. The zero-order valence-corrected chi connectivity index (χ0v) is 25.7. The van der Waals surface area contributed by atoms with Crippen molar-refractivity contribution in [3.8, 4) is 0 Å². The number of nitrogens with one attached hydrogen (secondary N) is 4. The van der Waals surface area contributed by atoms with Crippen molar-refractivity contribution in [2.75, 3.05) is 7.11 Å². The highest BCUT2D eigenvalue weighted by molar-refractivity contribution is 6.19. The second kappa shape index (κ2) is 10.7. The lowest BCUT2D eigenvalue weighted by Gasteiger charge is -2.25. The Balaban J connectivity index is 1.77. The molecule has 1 unspecified atom stereocenters. The van der Waals surface area contributed by atoms with Gasteiger partial charge in [-0.25, -0.2) is 0 Å². The number of ketones is 1. The number of aromatic nitrogens is 3. The third-order valence-corrected chi connectivity index (χ3v) is 9.82. The molecule has 1 saturated heterocycles. The van der Waals surface area contributed by atoms with Crippen molar-refractivity contribution < 1.29 is 19.4 Å². The predicted octanol–water partition coefficient (Wildman–Crippen LogP) is 2.96. The normalized spacial score (nSPS) is 25.4. The summed E-state index contributed by atoms with van der Waals surface area (Å²) in [6.07, 6.45) is 11.8. The van der Waals surface area contributed by atoms with Gasteiger partial charge in [-0.3, -0.25) is 9.59 Å². The summed E-state index contributed by atoms with van der Waals surface area (Å²) >= 11 is 0. The van der Waals surface area contributed by atoms with Crippen LogP contribution in [0.15, 0.2) is 12.3 Å². The van der Waals surface area contributed by atoms with Crippen LogP contribution in [0.5, 0.6) is 0 Å². The number of rotatable bonds is 5. The lowest BCUT2D eigenvalue weighted by molar-refractivity contribution is -0.141. The summed E-state index contributed by atoms with van der Waals surface area (Å²) < 4.78 is 5.21. The molecule has 0 saturated carbocycles. The van der Waals surface area contributed by atoms with Crippen LogP contribution in [0.25, 0.3) is 36.1 Å². The third kappa shape index (κ3) is 4.18. The van der Waals surface area contributed by atoms with Crippen LogP contribution < -0.4 is 26.6 Å². The van der Waals surface area contributed by atoms with Gasteiger partial charge >= 0.3 is 5.97 Å². The van der Waals surface area contributed by atoms with Gasteiger partial charge in [0.1, 0.15) is 5.92 Å². The lowest BCUT2D eigenvalue weighted by atomic mass is 9.80. The second-order valence-corrected chi connectivity index (χ2v) is 12.0. The van der Waals surface area contributed by atoms with E-state index in [1.165, 1.54) is 7.11 Å². The Morgan fingerprint density at radius 2 is 1.79 bits per heavy atom. The number of methoxy groups -OCH3 is 1. The molecule has 224 valence electrons. The molecule has 3 aromatic heterocycles. The van der Waals surface area contributed by atoms with Crippen LogP contribution in [0, 0.1) is 31.6 Å². The van der Waals surface area contributed by atoms with Gasteiger partial charge in [-0.15, -0.1) is 0 Å². The summed E-state index contributed by atoms with van der Waals surface area (Å²) in [4.78, 5) is 37.9. The van der Waals surface area contributed by atoms with Crippen LogP contribution in [-0.4, -0.2) is 45.0 Å². The van der Waals surface area contributed by atoms with E-state index in [9.17, 15) is 14.7 Å². The topological polar surface area (TPSA) is 123 Å². The Kier molecular flexibility index (Phi) is 7.11. The van der Waals surface area contributed by atoms with Crippen LogP contribution >= 0.6 is 0 Å². The molecular weight excluding hydrogens is 540 g/mol. The monoisotopic (exact) mass is 580 g/mol. The average molecular weight is 581 g/mol. The van der Waals surface area contributed by atoms with Gasteiger partial charge in [-0.2, -0.15) is 0 Å². The molecule has 1 aliphatic carbocycles. The number of hydrogen-bond donors (Lipinski definition) is 5. The lowest BCUT2D eigenvalue weighted by Crippen LogP contribution is -2.37. The van der Waals surface area contributed by atoms with Crippen molar-refractivity contribution in [1.29, 1.82) is 0 Å². The van der Waals surface area contributed by atoms with Crippen LogP contribution in [0.2, 0.25) is 0 Å². The molecule has 0 spiro atoms. The fraction of sp³-hybridized carbons (Fsp3) is 0.371. The summed E-state index contributed by atoms with van der Waals surface area (Å²) in [6, 6.07) is -0.228. The molecule has 0 radical (unpaired) electrons. The van der Waals surface area contributed by atoms with Gasteiger partial charge in [0.15, 0.2) is 5.78 Å². The van der Waals surface area contributed by atoms with Gasteiger partial charge in [0.25, 0.3) is 0 Å². The van der Waals surface area contributed by atoms with Gasteiger partial charge in [0, 0.05) is 50.4 Å². The Hall–Kier alpha value is -4.46. The Labute approximate surface area is 250 Å². The van der Waals surface area contributed by atoms with Crippen molar-refractivity contribution in [1.82, 2.24) is 20.3 Å². The smallest absolute Gasteiger partial charge is 0.320 e. The fourth-order valence-corrected chi connectivity index (χ4v) is 7.55. The SMILES string of the molecule is C=Cc1c2[nH]c(c1C)/C=C1\NC(C3=c4[nH]/c(c(C)c4C(=O)[C@@H]3C(=O)OC)=C\c3[nH]c(/c(=C/O)c3CC)=C\2)[C@@H](CCC)[C@@H]1C. The van der Waals surface area contributed by atoms with Gasteiger partial charge in [0.2, 0.25) is 0 Å². The highest BCUT2D eigenvalue weighted by Crippen LogP contribution is 2.42. The first kappa shape index (κ1) is 28.6. The summed E-state index contributed by atoms with van der Waals surface area (Å²) in [5.41, 5.74) is 8.84. The van der Waals surface area contributed by atoms with Crippen molar-refractivity contribution in [2.45, 2.75) is 59.9 Å². The molecule has 5 heterocycles. The first-order valence-corrected chi connectivity index (χ1v) is 15.1. The van der Waals surface area contributed by atoms with E-state index < -0.39 is 11.9 Å². The summed E-state index contributed by atoms with van der Waals surface area (Å²) in [5.74, 6) is -1.43. The number of hydrogen-bond acceptors (Lipinski definition) is 5. The number of Topliss-reactive ketones (excluding diaryl/α,β-unsaturated/α-hetero) is 1. The zero-order valence-electron chi connectivity index (χ0n) is 25.7. The Morgan fingerprint density at radius 3 is 2.44 bits per heavy atom. The van der Waals surface area contributed by atoms with Crippen LogP contribution in [-0.2, 0) is 16.0 Å². The fourth-order valence-electron chi connectivity index (χ4n) is 7.55. The Bertz CT molecular complexity index is 1970. The molecule has 4 atom stereocenters. The molecule has 2 aliphatic heterocycles. The minimum absolute atomic E-state index is 0.156. The van der Waals surface area contributed by atoms with E-state index in [1.807, 2.05) is 32.1 Å². The number of carbonyl (C=O) groups excluding carboxylic acids is 2. The van der Waals surface area contributed by atoms with E-state index in [0.29, 0.717) is 22.6 Å². The highest BCUT2D eigenvalue weighted by Gasteiger charge is 2.49. The minimum atomic E-state index is -0.999. The first-order valence-electron chi connectivity index (χ1n) is 15.1.